The summed E-state index contributed by atoms with van der Waals surface area (Å²) < 4.78 is 2.73. The number of nitrogens with zero attached hydrogens (tertiary/aromatic N) is 3. The number of hydrogen-bond donors (Lipinski definition) is 2. The van der Waals surface area contributed by atoms with Gasteiger partial charge in [0.25, 0.3) is 0 Å². The predicted molar refractivity (Wildman–Crippen MR) is 47.8 cm³/mol. The van der Waals surface area contributed by atoms with Gasteiger partial charge in [-0.25, -0.2) is 9.31 Å². The maximum absolute atomic E-state index is 10.6. The molecule has 7 nitrogen and oxygen atoms in total. The van der Waals surface area contributed by atoms with E-state index in [1.165, 1.54) is 27.5 Å². The Morgan fingerprint density at radius 1 is 1.33 bits per heavy atom. The zero-order chi connectivity index (χ0) is 11.0. The maximum atomic E-state index is 10.6. The fourth-order valence-corrected chi connectivity index (χ4v) is 1.31. The van der Waals surface area contributed by atoms with Gasteiger partial charge in [0, 0.05) is 18.5 Å². The first-order chi connectivity index (χ1) is 7.08. The van der Waals surface area contributed by atoms with Gasteiger partial charge in [-0.15, -0.1) is 0 Å². The molecule has 15 heavy (non-hydrogen) atoms. The smallest absolute Gasteiger partial charge is 0.356 e. The summed E-state index contributed by atoms with van der Waals surface area (Å²) in [4.78, 5) is 21.1. The molecule has 2 rings (SSSR count). The van der Waals surface area contributed by atoms with Crippen molar-refractivity contribution in [2.45, 2.75) is 6.54 Å². The van der Waals surface area contributed by atoms with Gasteiger partial charge in [0.05, 0.1) is 0 Å². The van der Waals surface area contributed by atoms with Gasteiger partial charge in [-0.2, -0.15) is 5.10 Å². The van der Waals surface area contributed by atoms with Crippen molar-refractivity contribution in [3.8, 4) is 0 Å². The Morgan fingerprint density at radius 3 is 2.67 bits per heavy atom. The SMILES string of the molecule is O=C(O)Cn1ccn2nc(C(=O)O)cc12. The third-order valence-corrected chi connectivity index (χ3v) is 1.92. The molecule has 0 saturated heterocycles. The van der Waals surface area contributed by atoms with E-state index < -0.39 is 11.9 Å². The number of carboxylic acid groups (broad SMARTS) is 2. The van der Waals surface area contributed by atoms with E-state index in [0.29, 0.717) is 5.65 Å². The van der Waals surface area contributed by atoms with Crippen LogP contribution < -0.4 is 0 Å². The van der Waals surface area contributed by atoms with Crippen molar-refractivity contribution in [2.24, 2.45) is 0 Å². The Balaban J connectivity index is 2.49. The number of carbonyl (C=O) groups is 2. The van der Waals surface area contributed by atoms with Crippen molar-refractivity contribution < 1.29 is 19.8 Å². The number of carboxylic acids is 2. The van der Waals surface area contributed by atoms with Gasteiger partial charge in [0.1, 0.15) is 12.2 Å². The molecule has 7 heteroatoms. The average Bonchev–Trinajstić information content (AvgIpc) is 2.66. The van der Waals surface area contributed by atoms with E-state index in [1.807, 2.05) is 0 Å². The van der Waals surface area contributed by atoms with Crippen molar-refractivity contribution in [3.05, 3.63) is 24.2 Å². The molecule has 2 N–H and O–H groups in total. The van der Waals surface area contributed by atoms with Crippen LogP contribution in [-0.4, -0.2) is 36.3 Å². The first-order valence-corrected chi connectivity index (χ1v) is 4.07. The number of rotatable bonds is 3. The largest absolute Gasteiger partial charge is 0.480 e. The summed E-state index contributed by atoms with van der Waals surface area (Å²) in [6.45, 7) is -0.221. The lowest BCUT2D eigenvalue weighted by atomic mass is 10.4. The maximum Gasteiger partial charge on any atom is 0.356 e. The molecule has 0 radical (unpaired) electrons. The Labute approximate surface area is 83.2 Å². The normalized spacial score (nSPS) is 10.7. The highest BCUT2D eigenvalue weighted by molar-refractivity contribution is 5.86. The van der Waals surface area contributed by atoms with Crippen molar-refractivity contribution in [1.82, 2.24) is 14.2 Å². The first-order valence-electron chi connectivity index (χ1n) is 4.07. The molecule has 78 valence electrons. The predicted octanol–water partition coefficient (Wildman–Crippen LogP) is -0.0814. The lowest BCUT2D eigenvalue weighted by Crippen LogP contribution is -2.07. The van der Waals surface area contributed by atoms with Gasteiger partial charge in [0.15, 0.2) is 5.69 Å². The number of aromatic nitrogens is 3. The van der Waals surface area contributed by atoms with Crippen molar-refractivity contribution in [3.63, 3.8) is 0 Å². The van der Waals surface area contributed by atoms with Gasteiger partial charge in [-0.3, -0.25) is 4.79 Å². The van der Waals surface area contributed by atoms with Crippen molar-refractivity contribution in [2.75, 3.05) is 0 Å². The van der Waals surface area contributed by atoms with Gasteiger partial charge in [-0.1, -0.05) is 0 Å². The van der Waals surface area contributed by atoms with Crippen LogP contribution in [-0.2, 0) is 11.3 Å². The highest BCUT2D eigenvalue weighted by Crippen LogP contribution is 2.07. The molecule has 0 aliphatic heterocycles. The molecule has 0 spiro atoms. The van der Waals surface area contributed by atoms with Crippen LogP contribution in [0.3, 0.4) is 0 Å². The molecule has 0 unspecified atom stereocenters. The van der Waals surface area contributed by atoms with Crippen LogP contribution in [0.4, 0.5) is 0 Å². The van der Waals surface area contributed by atoms with Gasteiger partial charge >= 0.3 is 11.9 Å². The van der Waals surface area contributed by atoms with Crippen LogP contribution in [0.1, 0.15) is 10.5 Å². The average molecular weight is 209 g/mol. The summed E-state index contributed by atoms with van der Waals surface area (Å²) in [6.07, 6.45) is 3.03. The fourth-order valence-electron chi connectivity index (χ4n) is 1.31. The molecule has 0 aliphatic carbocycles. The molecule has 2 heterocycles. The van der Waals surface area contributed by atoms with Crippen LogP contribution in [0.5, 0.6) is 0 Å². The third-order valence-electron chi connectivity index (χ3n) is 1.92. The minimum atomic E-state index is -1.14. The molecule has 0 saturated carbocycles. The number of fused-ring (bicyclic) bond motifs is 1. The molecule has 0 aliphatic rings. The van der Waals surface area contributed by atoms with E-state index in [9.17, 15) is 9.59 Å². The van der Waals surface area contributed by atoms with Crippen LogP contribution in [0, 0.1) is 0 Å². The highest BCUT2D eigenvalue weighted by Gasteiger charge is 2.12. The van der Waals surface area contributed by atoms with Crippen LogP contribution in [0.25, 0.3) is 5.65 Å². The van der Waals surface area contributed by atoms with Crippen LogP contribution in [0.2, 0.25) is 0 Å². The van der Waals surface area contributed by atoms with Crippen molar-refractivity contribution >= 4 is 17.6 Å². The summed E-state index contributed by atoms with van der Waals surface area (Å²) in [6, 6.07) is 1.32. The topological polar surface area (TPSA) is 96.8 Å². The second-order valence-electron chi connectivity index (χ2n) is 2.96. The molecular formula is C8H7N3O4. The quantitative estimate of drug-likeness (QED) is 0.736. The molecule has 0 aromatic carbocycles. The minimum Gasteiger partial charge on any atom is -0.480 e. The van der Waals surface area contributed by atoms with E-state index in [4.69, 9.17) is 10.2 Å². The van der Waals surface area contributed by atoms with E-state index in [-0.39, 0.29) is 12.2 Å². The number of aliphatic carboxylic acids is 1. The van der Waals surface area contributed by atoms with Gasteiger partial charge in [0.2, 0.25) is 0 Å². The number of imidazole rings is 1. The highest BCUT2D eigenvalue weighted by atomic mass is 16.4. The van der Waals surface area contributed by atoms with Crippen LogP contribution >= 0.6 is 0 Å². The molecule has 0 atom stereocenters. The summed E-state index contributed by atoms with van der Waals surface area (Å²) >= 11 is 0. The summed E-state index contributed by atoms with van der Waals surface area (Å²) in [5.41, 5.74) is 0.333. The third kappa shape index (κ3) is 1.54. The van der Waals surface area contributed by atoms with E-state index in [2.05, 4.69) is 5.10 Å². The molecule has 0 fully saturated rings. The molecule has 2 aromatic rings. The minimum absolute atomic E-state index is 0.107. The van der Waals surface area contributed by atoms with E-state index in [1.54, 1.807) is 0 Å². The lowest BCUT2D eigenvalue weighted by molar-refractivity contribution is -0.137. The fraction of sp³-hybridized carbons (Fsp3) is 0.125. The van der Waals surface area contributed by atoms with E-state index >= 15 is 0 Å². The first kappa shape index (κ1) is 9.25. The van der Waals surface area contributed by atoms with Crippen LogP contribution in [0.15, 0.2) is 18.5 Å². The van der Waals surface area contributed by atoms with Crippen molar-refractivity contribution in [1.29, 1.82) is 0 Å². The van der Waals surface area contributed by atoms with E-state index in [0.717, 1.165) is 0 Å². The second kappa shape index (κ2) is 3.12. The second-order valence-corrected chi connectivity index (χ2v) is 2.96. The lowest BCUT2D eigenvalue weighted by Gasteiger charge is -1.96. The summed E-state index contributed by atoms with van der Waals surface area (Å²) in [7, 11) is 0. The standard InChI is InChI=1S/C8H7N3O4/c12-7(13)4-10-1-2-11-6(10)3-5(9-11)8(14)15/h1-3H,4H2,(H,12,13)(H,14,15). The summed E-state index contributed by atoms with van der Waals surface area (Å²) in [5, 5.41) is 21.0. The Hall–Kier alpha value is -2.31. The summed E-state index contributed by atoms with van der Waals surface area (Å²) in [5.74, 6) is -2.13. The van der Waals surface area contributed by atoms with Gasteiger partial charge in [-0.05, 0) is 0 Å². The molecule has 2 aromatic heterocycles. The molecular weight excluding hydrogens is 202 g/mol. The molecule has 0 bridgehead atoms. The molecule has 0 amide bonds. The zero-order valence-corrected chi connectivity index (χ0v) is 7.49. The van der Waals surface area contributed by atoms with Gasteiger partial charge < -0.3 is 14.8 Å². The number of hydrogen-bond acceptors (Lipinski definition) is 3. The Morgan fingerprint density at radius 2 is 2.07 bits per heavy atom. The Kier molecular flexibility index (Phi) is 1.93. The zero-order valence-electron chi connectivity index (χ0n) is 7.49. The number of aromatic carboxylic acids is 1. The Bertz CT molecular complexity index is 539. The monoisotopic (exact) mass is 209 g/mol.